The lowest BCUT2D eigenvalue weighted by Crippen LogP contribution is -2.46. The SMILES string of the molecule is NCc1nc(C(=O)NCC2CCN(C(=O)C(F)(F)F)CC2)cs1. The molecule has 2 rings (SSSR count). The lowest BCUT2D eigenvalue weighted by Gasteiger charge is -2.32. The van der Waals surface area contributed by atoms with Crippen molar-refractivity contribution in [2.75, 3.05) is 19.6 Å². The molecule has 0 atom stereocenters. The van der Waals surface area contributed by atoms with Crippen molar-refractivity contribution >= 4 is 23.2 Å². The Balaban J connectivity index is 1.76. The second-order valence-electron chi connectivity index (χ2n) is 5.27. The van der Waals surface area contributed by atoms with Crippen molar-refractivity contribution in [2.24, 2.45) is 11.7 Å². The summed E-state index contributed by atoms with van der Waals surface area (Å²) in [6.45, 7) is 0.714. The van der Waals surface area contributed by atoms with Crippen LogP contribution >= 0.6 is 11.3 Å². The molecule has 0 spiro atoms. The fourth-order valence-corrected chi connectivity index (χ4v) is 3.01. The molecule has 128 valence electrons. The van der Waals surface area contributed by atoms with Crippen molar-refractivity contribution < 1.29 is 22.8 Å². The van der Waals surface area contributed by atoms with E-state index in [0.29, 0.717) is 30.1 Å². The Morgan fingerprint density at radius 2 is 2.04 bits per heavy atom. The number of likely N-dealkylation sites (tertiary alicyclic amines) is 1. The largest absolute Gasteiger partial charge is 0.471 e. The van der Waals surface area contributed by atoms with Gasteiger partial charge >= 0.3 is 12.1 Å². The van der Waals surface area contributed by atoms with Crippen LogP contribution in [0.25, 0.3) is 0 Å². The predicted octanol–water partition coefficient (Wildman–Crippen LogP) is 1.13. The molecule has 1 aromatic rings. The zero-order valence-electron chi connectivity index (χ0n) is 12.2. The highest BCUT2D eigenvalue weighted by Gasteiger charge is 2.43. The second-order valence-corrected chi connectivity index (χ2v) is 6.22. The minimum absolute atomic E-state index is 0.0452. The second kappa shape index (κ2) is 7.26. The van der Waals surface area contributed by atoms with Crippen molar-refractivity contribution in [2.45, 2.75) is 25.6 Å². The van der Waals surface area contributed by atoms with Crippen molar-refractivity contribution in [3.63, 3.8) is 0 Å². The first-order valence-corrected chi connectivity index (χ1v) is 7.98. The fourth-order valence-electron chi connectivity index (χ4n) is 2.36. The van der Waals surface area contributed by atoms with E-state index >= 15 is 0 Å². The summed E-state index contributed by atoms with van der Waals surface area (Å²) in [6.07, 6.45) is -3.98. The smallest absolute Gasteiger partial charge is 0.350 e. The number of amides is 2. The number of nitrogens with two attached hydrogens (primary N) is 1. The van der Waals surface area contributed by atoms with Crippen LogP contribution in [0.3, 0.4) is 0 Å². The van der Waals surface area contributed by atoms with Gasteiger partial charge in [-0.2, -0.15) is 13.2 Å². The molecule has 1 fully saturated rings. The molecule has 0 aromatic carbocycles. The molecule has 0 aliphatic carbocycles. The molecular weight excluding hydrogens is 333 g/mol. The summed E-state index contributed by atoms with van der Waals surface area (Å²) in [7, 11) is 0. The Kier molecular flexibility index (Phi) is 5.58. The van der Waals surface area contributed by atoms with Crippen LogP contribution in [0, 0.1) is 5.92 Å². The van der Waals surface area contributed by atoms with E-state index in [2.05, 4.69) is 10.3 Å². The highest BCUT2D eigenvalue weighted by atomic mass is 32.1. The summed E-state index contributed by atoms with van der Waals surface area (Å²) < 4.78 is 37.0. The highest BCUT2D eigenvalue weighted by Crippen LogP contribution is 2.23. The maximum Gasteiger partial charge on any atom is 0.471 e. The van der Waals surface area contributed by atoms with Gasteiger partial charge in [0, 0.05) is 31.6 Å². The monoisotopic (exact) mass is 350 g/mol. The van der Waals surface area contributed by atoms with Crippen LogP contribution < -0.4 is 11.1 Å². The molecule has 0 bridgehead atoms. The molecule has 1 saturated heterocycles. The Morgan fingerprint density at radius 3 is 2.57 bits per heavy atom. The minimum atomic E-state index is -4.83. The van der Waals surface area contributed by atoms with E-state index in [1.165, 1.54) is 11.3 Å². The number of nitrogens with zero attached hydrogens (tertiary/aromatic N) is 2. The van der Waals surface area contributed by atoms with Gasteiger partial charge in [-0.3, -0.25) is 9.59 Å². The number of carbonyl (C=O) groups excluding carboxylic acids is 2. The quantitative estimate of drug-likeness (QED) is 0.852. The summed E-state index contributed by atoms with van der Waals surface area (Å²) in [4.78, 5) is 27.9. The number of aromatic nitrogens is 1. The molecule has 1 aliphatic rings. The van der Waals surface area contributed by atoms with E-state index in [9.17, 15) is 22.8 Å². The van der Waals surface area contributed by atoms with E-state index in [0.717, 1.165) is 4.90 Å². The lowest BCUT2D eigenvalue weighted by molar-refractivity contribution is -0.186. The van der Waals surface area contributed by atoms with Gasteiger partial charge in [0.1, 0.15) is 10.7 Å². The third kappa shape index (κ3) is 4.64. The maximum atomic E-state index is 12.3. The number of halogens is 3. The Hall–Kier alpha value is -1.68. The van der Waals surface area contributed by atoms with Gasteiger partial charge in [-0.1, -0.05) is 0 Å². The number of piperidine rings is 1. The van der Waals surface area contributed by atoms with E-state index in [1.54, 1.807) is 5.38 Å². The Bertz CT molecular complexity index is 568. The van der Waals surface area contributed by atoms with Crippen molar-refractivity contribution in [1.29, 1.82) is 0 Å². The van der Waals surface area contributed by atoms with Crippen LogP contribution in [-0.4, -0.2) is 47.5 Å². The normalized spacial score (nSPS) is 16.4. The fraction of sp³-hybridized carbons (Fsp3) is 0.615. The van der Waals surface area contributed by atoms with Crippen molar-refractivity contribution in [3.8, 4) is 0 Å². The number of hydrogen-bond donors (Lipinski definition) is 2. The van der Waals surface area contributed by atoms with Crippen LogP contribution in [0.4, 0.5) is 13.2 Å². The zero-order valence-corrected chi connectivity index (χ0v) is 13.0. The molecule has 23 heavy (non-hydrogen) atoms. The first-order chi connectivity index (χ1) is 10.8. The number of rotatable bonds is 4. The number of alkyl halides is 3. The Labute approximate surface area is 134 Å². The third-order valence-corrected chi connectivity index (χ3v) is 4.53. The van der Waals surface area contributed by atoms with Crippen molar-refractivity contribution in [3.05, 3.63) is 16.1 Å². The average molecular weight is 350 g/mol. The Morgan fingerprint density at radius 1 is 1.39 bits per heavy atom. The van der Waals surface area contributed by atoms with Crippen LogP contribution in [0.15, 0.2) is 5.38 Å². The number of carbonyl (C=O) groups is 2. The molecule has 2 heterocycles. The predicted molar refractivity (Wildman–Crippen MR) is 77.7 cm³/mol. The van der Waals surface area contributed by atoms with Crippen LogP contribution in [-0.2, 0) is 11.3 Å². The van der Waals surface area contributed by atoms with E-state index in [-0.39, 0.29) is 31.5 Å². The average Bonchev–Trinajstić information content (AvgIpc) is 3.00. The molecule has 0 saturated carbocycles. The molecule has 10 heteroatoms. The number of hydrogen-bond acceptors (Lipinski definition) is 5. The van der Waals surface area contributed by atoms with Gasteiger partial charge in [0.15, 0.2) is 0 Å². The topological polar surface area (TPSA) is 88.3 Å². The van der Waals surface area contributed by atoms with E-state index < -0.39 is 12.1 Å². The van der Waals surface area contributed by atoms with Gasteiger partial charge < -0.3 is 16.0 Å². The molecule has 0 radical (unpaired) electrons. The molecule has 1 aromatic heterocycles. The van der Waals surface area contributed by atoms with Crippen LogP contribution in [0.5, 0.6) is 0 Å². The van der Waals surface area contributed by atoms with Gasteiger partial charge in [-0.25, -0.2) is 4.98 Å². The number of nitrogens with one attached hydrogen (secondary N) is 1. The van der Waals surface area contributed by atoms with Gasteiger partial charge in [0.25, 0.3) is 5.91 Å². The standard InChI is InChI=1S/C13H17F3N4O2S/c14-13(15,16)12(22)20-3-1-8(2-4-20)6-18-11(21)9-7-23-10(5-17)19-9/h7-8H,1-6,17H2,(H,18,21). The summed E-state index contributed by atoms with van der Waals surface area (Å²) >= 11 is 1.30. The highest BCUT2D eigenvalue weighted by molar-refractivity contribution is 7.09. The minimum Gasteiger partial charge on any atom is -0.350 e. The van der Waals surface area contributed by atoms with Gasteiger partial charge in [0.05, 0.1) is 0 Å². The van der Waals surface area contributed by atoms with E-state index in [4.69, 9.17) is 5.73 Å². The zero-order chi connectivity index (χ0) is 17.0. The molecule has 3 N–H and O–H groups in total. The summed E-state index contributed by atoms with van der Waals surface area (Å²) in [5, 5.41) is 4.99. The van der Waals surface area contributed by atoms with Crippen LogP contribution in [0.2, 0.25) is 0 Å². The summed E-state index contributed by atoms with van der Waals surface area (Å²) in [5.41, 5.74) is 5.72. The van der Waals surface area contributed by atoms with E-state index in [1.807, 2.05) is 0 Å². The molecular formula is C13H17F3N4O2S. The molecule has 1 aliphatic heterocycles. The van der Waals surface area contributed by atoms with Crippen LogP contribution in [0.1, 0.15) is 28.3 Å². The molecule has 0 unspecified atom stereocenters. The number of thiazole rings is 1. The summed E-state index contributed by atoms with van der Waals surface area (Å²) in [5.74, 6) is -2.07. The van der Waals surface area contributed by atoms with Gasteiger partial charge in [0.2, 0.25) is 0 Å². The maximum absolute atomic E-state index is 12.3. The van der Waals surface area contributed by atoms with Gasteiger partial charge in [-0.15, -0.1) is 11.3 Å². The third-order valence-electron chi connectivity index (χ3n) is 3.65. The van der Waals surface area contributed by atoms with Gasteiger partial charge in [-0.05, 0) is 18.8 Å². The summed E-state index contributed by atoms with van der Waals surface area (Å²) in [6, 6.07) is 0. The first-order valence-electron chi connectivity index (χ1n) is 7.10. The first kappa shape index (κ1) is 17.7. The lowest BCUT2D eigenvalue weighted by atomic mass is 9.96. The van der Waals surface area contributed by atoms with Crippen molar-refractivity contribution in [1.82, 2.24) is 15.2 Å². The molecule has 6 nitrogen and oxygen atoms in total. The molecule has 2 amide bonds.